The lowest BCUT2D eigenvalue weighted by Gasteiger charge is -2.07. The molecule has 0 spiro atoms. The molecular weight excluding hydrogens is 233 g/mol. The van der Waals surface area contributed by atoms with Gasteiger partial charge in [0.25, 0.3) is 0 Å². The first-order valence-electron chi connectivity index (χ1n) is 5.89. The molecule has 0 aromatic heterocycles. The second-order valence-electron chi connectivity index (χ2n) is 3.38. The van der Waals surface area contributed by atoms with Crippen LogP contribution in [0.2, 0.25) is 0 Å². The summed E-state index contributed by atoms with van der Waals surface area (Å²) in [5.74, 6) is 1.35. The van der Waals surface area contributed by atoms with E-state index in [0.29, 0.717) is 18.1 Å². The molecule has 0 saturated heterocycles. The van der Waals surface area contributed by atoms with E-state index >= 15 is 0 Å². The van der Waals surface area contributed by atoms with Crippen molar-refractivity contribution in [3.8, 4) is 5.75 Å². The van der Waals surface area contributed by atoms with E-state index in [2.05, 4.69) is 15.5 Å². The average Bonchev–Trinajstić information content (AvgIpc) is 2.42. The Morgan fingerprint density at radius 3 is 2.67 bits per heavy atom. The minimum Gasteiger partial charge on any atom is -0.491 e. The van der Waals surface area contributed by atoms with Crippen molar-refractivity contribution in [3.05, 3.63) is 29.8 Å². The zero-order valence-corrected chi connectivity index (χ0v) is 10.7. The van der Waals surface area contributed by atoms with E-state index in [1.54, 1.807) is 18.3 Å². The maximum Gasteiger partial charge on any atom is 0.148 e. The van der Waals surface area contributed by atoms with Crippen molar-refractivity contribution in [1.82, 2.24) is 5.43 Å². The van der Waals surface area contributed by atoms with E-state index in [-0.39, 0.29) is 6.61 Å². The summed E-state index contributed by atoms with van der Waals surface area (Å²) in [7, 11) is 0. The monoisotopic (exact) mass is 251 g/mol. The smallest absolute Gasteiger partial charge is 0.148 e. The zero-order valence-electron chi connectivity index (χ0n) is 10.7. The summed E-state index contributed by atoms with van der Waals surface area (Å²) < 4.78 is 17.1. The summed E-state index contributed by atoms with van der Waals surface area (Å²) in [6, 6.07) is 7.29. The summed E-state index contributed by atoms with van der Waals surface area (Å²) in [5, 5.41) is 3.95. The Balaban J connectivity index is 2.77. The van der Waals surface area contributed by atoms with Crippen LogP contribution < -0.4 is 10.2 Å². The van der Waals surface area contributed by atoms with Crippen LogP contribution in [-0.2, 0) is 0 Å². The molecule has 0 aliphatic rings. The molecule has 1 aromatic rings. The molecule has 18 heavy (non-hydrogen) atoms. The second-order valence-corrected chi connectivity index (χ2v) is 3.38. The Hall–Kier alpha value is -1.91. The second kappa shape index (κ2) is 8.22. The number of hydrazone groups is 1. The van der Waals surface area contributed by atoms with Crippen LogP contribution in [0.15, 0.2) is 34.4 Å². The fourth-order valence-electron chi connectivity index (χ4n) is 1.34. The van der Waals surface area contributed by atoms with Gasteiger partial charge in [0.1, 0.15) is 24.9 Å². The number of nitrogens with zero attached hydrogens (tertiary/aromatic N) is 2. The predicted molar refractivity (Wildman–Crippen MR) is 72.3 cm³/mol. The average molecular weight is 251 g/mol. The van der Waals surface area contributed by atoms with Gasteiger partial charge in [-0.2, -0.15) is 5.10 Å². The van der Waals surface area contributed by atoms with Crippen LogP contribution in [0.3, 0.4) is 0 Å². The predicted octanol–water partition coefficient (Wildman–Crippen LogP) is 2.40. The topological polar surface area (TPSA) is 46.0 Å². The van der Waals surface area contributed by atoms with E-state index in [0.717, 1.165) is 5.56 Å². The van der Waals surface area contributed by atoms with Gasteiger partial charge in [-0.25, -0.2) is 4.39 Å². The molecule has 0 amide bonds. The van der Waals surface area contributed by atoms with Crippen LogP contribution in [-0.4, -0.2) is 31.9 Å². The molecule has 1 rings (SSSR count). The lowest BCUT2D eigenvalue weighted by atomic mass is 10.2. The molecule has 0 saturated carbocycles. The number of aliphatic imine (C=N–C) groups is 1. The first-order chi connectivity index (χ1) is 8.81. The molecule has 0 aliphatic carbocycles. The lowest BCUT2D eigenvalue weighted by Crippen LogP contribution is -2.19. The highest BCUT2D eigenvalue weighted by atomic mass is 19.1. The molecule has 0 fully saturated rings. The summed E-state index contributed by atoms with van der Waals surface area (Å²) in [4.78, 5) is 4.31. The van der Waals surface area contributed by atoms with Gasteiger partial charge >= 0.3 is 0 Å². The maximum absolute atomic E-state index is 12.0. The number of halogens is 1. The van der Waals surface area contributed by atoms with E-state index in [9.17, 15) is 4.39 Å². The van der Waals surface area contributed by atoms with E-state index in [1.165, 1.54) is 0 Å². The summed E-state index contributed by atoms with van der Waals surface area (Å²) >= 11 is 0. The number of hydrogen-bond acceptors (Lipinski definition) is 3. The number of rotatable bonds is 6. The maximum atomic E-state index is 12.0. The number of alkyl halides is 1. The Morgan fingerprint density at radius 1 is 1.39 bits per heavy atom. The van der Waals surface area contributed by atoms with Gasteiger partial charge in [-0.15, -0.1) is 0 Å². The Morgan fingerprint density at radius 2 is 2.11 bits per heavy atom. The van der Waals surface area contributed by atoms with Crippen LogP contribution in [0.1, 0.15) is 19.4 Å². The third-order valence-electron chi connectivity index (χ3n) is 2.09. The Labute approximate surface area is 107 Å². The SMILES string of the molecule is C/C=N\NC(=NCC)c1ccc(OCCF)cc1. The van der Waals surface area contributed by atoms with Gasteiger partial charge in [-0.05, 0) is 38.1 Å². The first kappa shape index (κ1) is 14.2. The molecule has 0 heterocycles. The van der Waals surface area contributed by atoms with Crippen LogP contribution in [0.5, 0.6) is 5.75 Å². The van der Waals surface area contributed by atoms with Crippen LogP contribution in [0.25, 0.3) is 0 Å². The number of nitrogens with one attached hydrogen (secondary N) is 1. The molecule has 5 heteroatoms. The van der Waals surface area contributed by atoms with Crippen molar-refractivity contribution in [2.24, 2.45) is 10.1 Å². The first-order valence-corrected chi connectivity index (χ1v) is 5.89. The molecule has 1 aromatic carbocycles. The standard InChI is InChI=1S/C13H18FN3O/c1-3-15-13(17-16-4-2)11-5-7-12(8-6-11)18-10-9-14/h4-8H,3,9-10H2,1-2H3,(H,15,17)/b16-4-. The quantitative estimate of drug-likeness (QED) is 0.479. The minimum absolute atomic E-state index is 0.0770. The van der Waals surface area contributed by atoms with Crippen molar-refractivity contribution >= 4 is 12.1 Å². The number of benzene rings is 1. The van der Waals surface area contributed by atoms with Gasteiger partial charge in [0.15, 0.2) is 0 Å². The van der Waals surface area contributed by atoms with Gasteiger partial charge in [0, 0.05) is 18.3 Å². The molecule has 98 valence electrons. The van der Waals surface area contributed by atoms with Crippen LogP contribution in [0, 0.1) is 0 Å². The normalized spacial score (nSPS) is 11.8. The highest BCUT2D eigenvalue weighted by Crippen LogP contribution is 2.12. The summed E-state index contributed by atoms with van der Waals surface area (Å²) in [5.41, 5.74) is 3.78. The summed E-state index contributed by atoms with van der Waals surface area (Å²) in [6.45, 7) is 4.03. The van der Waals surface area contributed by atoms with Crippen molar-refractivity contribution in [1.29, 1.82) is 0 Å². The van der Waals surface area contributed by atoms with Crippen molar-refractivity contribution in [3.63, 3.8) is 0 Å². The molecular formula is C13H18FN3O. The molecule has 0 radical (unpaired) electrons. The largest absolute Gasteiger partial charge is 0.491 e. The zero-order chi connectivity index (χ0) is 13.2. The number of hydrogen-bond donors (Lipinski definition) is 1. The fraction of sp³-hybridized carbons (Fsp3) is 0.385. The third kappa shape index (κ3) is 4.53. The molecule has 0 unspecified atom stereocenters. The van der Waals surface area contributed by atoms with Gasteiger partial charge in [-0.1, -0.05) is 0 Å². The van der Waals surface area contributed by atoms with E-state index in [4.69, 9.17) is 4.74 Å². The van der Waals surface area contributed by atoms with Gasteiger partial charge in [0.2, 0.25) is 0 Å². The van der Waals surface area contributed by atoms with E-state index in [1.807, 2.05) is 26.0 Å². The third-order valence-corrected chi connectivity index (χ3v) is 2.09. The highest BCUT2D eigenvalue weighted by Gasteiger charge is 2.02. The van der Waals surface area contributed by atoms with Gasteiger partial charge in [0.05, 0.1) is 0 Å². The number of amidine groups is 1. The van der Waals surface area contributed by atoms with Crippen LogP contribution in [0.4, 0.5) is 4.39 Å². The molecule has 0 aliphatic heterocycles. The highest BCUT2D eigenvalue weighted by molar-refractivity contribution is 5.98. The molecule has 0 atom stereocenters. The number of ether oxygens (including phenoxy) is 1. The van der Waals surface area contributed by atoms with Gasteiger partial charge in [-0.3, -0.25) is 10.4 Å². The van der Waals surface area contributed by atoms with Crippen molar-refractivity contribution < 1.29 is 9.13 Å². The molecule has 0 bridgehead atoms. The lowest BCUT2D eigenvalue weighted by molar-refractivity contribution is 0.273. The summed E-state index contributed by atoms with van der Waals surface area (Å²) in [6.07, 6.45) is 1.66. The van der Waals surface area contributed by atoms with Crippen molar-refractivity contribution in [2.45, 2.75) is 13.8 Å². The molecule has 1 N–H and O–H groups in total. The van der Waals surface area contributed by atoms with E-state index < -0.39 is 6.67 Å². The molecule has 4 nitrogen and oxygen atoms in total. The fourth-order valence-corrected chi connectivity index (χ4v) is 1.34. The van der Waals surface area contributed by atoms with Crippen molar-refractivity contribution in [2.75, 3.05) is 19.8 Å². The van der Waals surface area contributed by atoms with Crippen LogP contribution >= 0.6 is 0 Å². The van der Waals surface area contributed by atoms with Gasteiger partial charge < -0.3 is 4.74 Å². The Kier molecular flexibility index (Phi) is 6.46. The minimum atomic E-state index is -0.489. The Bertz CT molecular complexity index is 401.